The summed E-state index contributed by atoms with van der Waals surface area (Å²) in [5, 5.41) is 11.5. The molecule has 0 unspecified atom stereocenters. The Hall–Kier alpha value is -1.35. The van der Waals surface area contributed by atoms with Crippen LogP contribution in [0.2, 0.25) is 0 Å². The average molecular weight is 336 g/mol. The number of unbranched alkanes of at least 4 members (excludes halogenated alkanes) is 5. The third-order valence-corrected chi connectivity index (χ3v) is 3.71. The quantitative estimate of drug-likeness (QED) is 0.305. The van der Waals surface area contributed by atoms with Crippen molar-refractivity contribution in [3.8, 4) is 0 Å². The lowest BCUT2D eigenvalue weighted by Crippen LogP contribution is -2.24. The first kappa shape index (κ1) is 22.6. The molecule has 0 spiro atoms. The van der Waals surface area contributed by atoms with Crippen molar-refractivity contribution in [3.05, 3.63) is 36.5 Å². The van der Waals surface area contributed by atoms with Gasteiger partial charge in [0.1, 0.15) is 0 Å². The fraction of sp³-hybridized carbons (Fsp3) is 0.667. The first-order valence-electron chi connectivity index (χ1n) is 9.63. The van der Waals surface area contributed by atoms with E-state index in [0.717, 1.165) is 38.5 Å². The second-order valence-corrected chi connectivity index (χ2v) is 6.03. The molecule has 0 aromatic carbocycles. The Kier molecular flexibility index (Phi) is 18.6. The molecule has 2 N–H and O–H groups in total. The lowest BCUT2D eigenvalue weighted by molar-refractivity contribution is -0.121. The van der Waals surface area contributed by atoms with Crippen molar-refractivity contribution in [2.45, 2.75) is 77.6 Å². The van der Waals surface area contributed by atoms with E-state index >= 15 is 0 Å². The van der Waals surface area contributed by atoms with E-state index in [1.807, 2.05) is 0 Å². The molecule has 0 atom stereocenters. The van der Waals surface area contributed by atoms with Gasteiger partial charge in [0.25, 0.3) is 0 Å². The van der Waals surface area contributed by atoms with Crippen molar-refractivity contribution >= 4 is 5.91 Å². The summed E-state index contributed by atoms with van der Waals surface area (Å²) in [5.41, 5.74) is 0. The van der Waals surface area contributed by atoms with Crippen LogP contribution in [0.3, 0.4) is 0 Å². The minimum atomic E-state index is 0.115. The number of nitrogens with one attached hydrogen (secondary N) is 1. The Bertz CT molecular complexity index is 359. The molecular weight excluding hydrogens is 298 g/mol. The minimum absolute atomic E-state index is 0.115. The largest absolute Gasteiger partial charge is 0.396 e. The monoisotopic (exact) mass is 335 g/mol. The number of aliphatic hydroxyl groups is 1. The van der Waals surface area contributed by atoms with E-state index in [0.29, 0.717) is 19.4 Å². The van der Waals surface area contributed by atoms with Crippen LogP contribution in [-0.4, -0.2) is 24.2 Å². The third kappa shape index (κ3) is 18.7. The zero-order valence-electron chi connectivity index (χ0n) is 15.5. The van der Waals surface area contributed by atoms with E-state index in [2.05, 4.69) is 48.7 Å². The fourth-order valence-electron chi connectivity index (χ4n) is 2.30. The third-order valence-electron chi connectivity index (χ3n) is 3.71. The molecule has 0 bridgehead atoms. The smallest absolute Gasteiger partial charge is 0.219 e. The van der Waals surface area contributed by atoms with Crippen LogP contribution in [0.15, 0.2) is 36.5 Å². The molecule has 3 nitrogen and oxygen atoms in total. The van der Waals surface area contributed by atoms with Crippen LogP contribution in [0, 0.1) is 0 Å². The fourth-order valence-corrected chi connectivity index (χ4v) is 2.30. The number of carbonyl (C=O) groups is 1. The van der Waals surface area contributed by atoms with E-state index in [1.54, 1.807) is 0 Å². The Morgan fingerprint density at radius 3 is 2.17 bits per heavy atom. The summed E-state index contributed by atoms with van der Waals surface area (Å²) in [7, 11) is 0. The summed E-state index contributed by atoms with van der Waals surface area (Å²) < 4.78 is 0. The van der Waals surface area contributed by atoms with Gasteiger partial charge in [-0.1, -0.05) is 62.6 Å². The maximum atomic E-state index is 11.4. The Balaban J connectivity index is 3.28. The minimum Gasteiger partial charge on any atom is -0.396 e. The standard InChI is InChI=1S/C21H37NO2/c1-2-3-4-5-6-7-8-9-10-11-12-13-14-15-16-18-21(24)22-19-17-20-23/h3-4,6-7,9-10,23H,2,5,8,11-20H2,1H3,(H,22,24). The predicted octanol–water partition coefficient (Wildman–Crippen LogP) is 5.07. The highest BCUT2D eigenvalue weighted by molar-refractivity contribution is 5.75. The summed E-state index contributed by atoms with van der Waals surface area (Å²) in [5.74, 6) is 0.115. The lowest BCUT2D eigenvalue weighted by Gasteiger charge is -2.03. The van der Waals surface area contributed by atoms with E-state index in [-0.39, 0.29) is 12.5 Å². The van der Waals surface area contributed by atoms with Gasteiger partial charge in [0.05, 0.1) is 0 Å². The topological polar surface area (TPSA) is 49.3 Å². The predicted molar refractivity (Wildman–Crippen MR) is 104 cm³/mol. The number of allylic oxidation sites excluding steroid dienone is 6. The first-order chi connectivity index (χ1) is 11.8. The highest BCUT2D eigenvalue weighted by atomic mass is 16.3. The van der Waals surface area contributed by atoms with Crippen molar-refractivity contribution in [1.82, 2.24) is 5.32 Å². The Morgan fingerprint density at radius 1 is 0.833 bits per heavy atom. The molecule has 0 rings (SSSR count). The van der Waals surface area contributed by atoms with E-state index < -0.39 is 0 Å². The van der Waals surface area contributed by atoms with Crippen LogP contribution in [-0.2, 0) is 4.79 Å². The van der Waals surface area contributed by atoms with Gasteiger partial charge < -0.3 is 10.4 Å². The molecule has 0 heterocycles. The maximum absolute atomic E-state index is 11.4. The van der Waals surface area contributed by atoms with Gasteiger partial charge in [-0.2, -0.15) is 0 Å². The summed E-state index contributed by atoms with van der Waals surface area (Å²) in [6.07, 6.45) is 24.8. The zero-order valence-corrected chi connectivity index (χ0v) is 15.5. The molecule has 1 amide bonds. The van der Waals surface area contributed by atoms with Crippen LogP contribution < -0.4 is 5.32 Å². The lowest BCUT2D eigenvalue weighted by atomic mass is 10.1. The molecule has 0 aliphatic rings. The number of hydrogen-bond acceptors (Lipinski definition) is 2. The highest BCUT2D eigenvalue weighted by Crippen LogP contribution is 2.08. The highest BCUT2D eigenvalue weighted by Gasteiger charge is 1.99. The summed E-state index contributed by atoms with van der Waals surface area (Å²) in [6.45, 7) is 2.88. The summed E-state index contributed by atoms with van der Waals surface area (Å²) >= 11 is 0. The molecule has 0 fully saturated rings. The second-order valence-electron chi connectivity index (χ2n) is 6.03. The van der Waals surface area contributed by atoms with Gasteiger partial charge in [-0.3, -0.25) is 4.79 Å². The number of carbonyl (C=O) groups excluding carboxylic acids is 1. The molecule has 138 valence electrons. The van der Waals surface area contributed by atoms with Crippen LogP contribution >= 0.6 is 0 Å². The maximum Gasteiger partial charge on any atom is 0.219 e. The Morgan fingerprint density at radius 2 is 1.46 bits per heavy atom. The van der Waals surface area contributed by atoms with Crippen LogP contribution in [0.5, 0.6) is 0 Å². The van der Waals surface area contributed by atoms with Crippen molar-refractivity contribution in [2.75, 3.05) is 13.2 Å². The molecule has 0 saturated carbocycles. The van der Waals surface area contributed by atoms with E-state index in [4.69, 9.17) is 5.11 Å². The normalized spacial score (nSPS) is 11.9. The van der Waals surface area contributed by atoms with Crippen molar-refractivity contribution in [2.24, 2.45) is 0 Å². The number of aliphatic hydroxyl groups excluding tert-OH is 1. The van der Waals surface area contributed by atoms with Gasteiger partial charge in [-0.15, -0.1) is 0 Å². The molecule has 24 heavy (non-hydrogen) atoms. The SMILES string of the molecule is CCC=CCC=CCC=CCCCCCCCC(=O)NCCCO. The van der Waals surface area contributed by atoms with Crippen LogP contribution in [0.1, 0.15) is 77.6 Å². The molecule has 0 aromatic rings. The molecule has 0 aliphatic carbocycles. The molecule has 0 saturated heterocycles. The molecule has 3 heteroatoms. The van der Waals surface area contributed by atoms with Gasteiger partial charge >= 0.3 is 0 Å². The van der Waals surface area contributed by atoms with Crippen molar-refractivity contribution in [1.29, 1.82) is 0 Å². The molecule has 0 radical (unpaired) electrons. The average Bonchev–Trinajstić information content (AvgIpc) is 2.58. The first-order valence-corrected chi connectivity index (χ1v) is 9.63. The number of hydrogen-bond donors (Lipinski definition) is 2. The van der Waals surface area contributed by atoms with Gasteiger partial charge in [-0.25, -0.2) is 0 Å². The van der Waals surface area contributed by atoms with Crippen molar-refractivity contribution < 1.29 is 9.90 Å². The number of amides is 1. The second kappa shape index (κ2) is 19.7. The van der Waals surface area contributed by atoms with Gasteiger partial charge in [-0.05, 0) is 44.9 Å². The van der Waals surface area contributed by atoms with Gasteiger partial charge in [0, 0.05) is 19.6 Å². The van der Waals surface area contributed by atoms with Gasteiger partial charge in [0.2, 0.25) is 5.91 Å². The zero-order chi connectivity index (χ0) is 17.7. The molecule has 0 aliphatic heterocycles. The van der Waals surface area contributed by atoms with Crippen LogP contribution in [0.4, 0.5) is 0 Å². The molecular formula is C21H37NO2. The van der Waals surface area contributed by atoms with Crippen LogP contribution in [0.25, 0.3) is 0 Å². The van der Waals surface area contributed by atoms with E-state index in [9.17, 15) is 4.79 Å². The summed E-state index contributed by atoms with van der Waals surface area (Å²) in [4.78, 5) is 11.4. The van der Waals surface area contributed by atoms with E-state index in [1.165, 1.54) is 19.3 Å². The number of rotatable bonds is 16. The van der Waals surface area contributed by atoms with Crippen molar-refractivity contribution in [3.63, 3.8) is 0 Å². The molecule has 0 aromatic heterocycles. The summed E-state index contributed by atoms with van der Waals surface area (Å²) in [6, 6.07) is 0. The van der Waals surface area contributed by atoms with Gasteiger partial charge in [0.15, 0.2) is 0 Å². The Labute approximate surface area is 148 Å².